The summed E-state index contributed by atoms with van der Waals surface area (Å²) in [5, 5.41) is 4.52. The number of hydrogen-bond donors (Lipinski definition) is 1. The maximum absolute atomic E-state index is 13.1. The summed E-state index contributed by atoms with van der Waals surface area (Å²) in [6.45, 7) is 11.5. The van der Waals surface area contributed by atoms with Crippen LogP contribution in [0.3, 0.4) is 0 Å². The SMILES string of the molecule is CC(C)NC(C)C.COc1ccc2c(c1)c(CC(=O)OC(C)=O)c(C)n2C(=O)c1ccc(Cl)cc1. The number of aromatic nitrogens is 1. The van der Waals surface area contributed by atoms with Crippen LogP contribution < -0.4 is 10.1 Å². The molecule has 1 heterocycles. The lowest BCUT2D eigenvalue weighted by Gasteiger charge is -2.10. The number of halogens is 1. The van der Waals surface area contributed by atoms with E-state index in [2.05, 4.69) is 37.7 Å². The quantitative estimate of drug-likeness (QED) is 0.364. The second-order valence-electron chi connectivity index (χ2n) is 8.71. The number of carbonyl (C=O) groups excluding carboxylic acids is 3. The van der Waals surface area contributed by atoms with Crippen LogP contribution in [-0.4, -0.2) is 41.6 Å². The number of hydrogen-bond acceptors (Lipinski definition) is 6. The first kappa shape index (κ1) is 28.1. The lowest BCUT2D eigenvalue weighted by molar-refractivity contribution is -0.157. The minimum Gasteiger partial charge on any atom is -0.497 e. The number of fused-ring (bicyclic) bond motifs is 1. The van der Waals surface area contributed by atoms with Crippen LogP contribution in [0.25, 0.3) is 10.9 Å². The minimum absolute atomic E-state index is 0.143. The molecule has 1 N–H and O–H groups in total. The predicted molar refractivity (Wildman–Crippen MR) is 138 cm³/mol. The van der Waals surface area contributed by atoms with Crippen molar-refractivity contribution in [2.24, 2.45) is 0 Å². The zero-order chi connectivity index (χ0) is 26.3. The van der Waals surface area contributed by atoms with E-state index in [1.54, 1.807) is 49.4 Å². The Kier molecular flexibility index (Phi) is 10.0. The number of benzene rings is 2. The van der Waals surface area contributed by atoms with E-state index in [0.717, 1.165) is 0 Å². The van der Waals surface area contributed by atoms with Crippen LogP contribution in [0.2, 0.25) is 5.02 Å². The fourth-order valence-corrected chi connectivity index (χ4v) is 3.93. The molecule has 0 radical (unpaired) electrons. The molecule has 0 unspecified atom stereocenters. The van der Waals surface area contributed by atoms with Crippen LogP contribution in [0, 0.1) is 6.92 Å². The van der Waals surface area contributed by atoms with Crippen molar-refractivity contribution in [3.63, 3.8) is 0 Å². The number of nitrogens with one attached hydrogen (secondary N) is 1. The molecule has 35 heavy (non-hydrogen) atoms. The van der Waals surface area contributed by atoms with E-state index in [0.29, 0.717) is 50.6 Å². The Morgan fingerprint density at radius 1 is 1.00 bits per heavy atom. The highest BCUT2D eigenvalue weighted by atomic mass is 35.5. The first-order valence-corrected chi connectivity index (χ1v) is 11.8. The molecule has 188 valence electrons. The van der Waals surface area contributed by atoms with Crippen LogP contribution in [0.15, 0.2) is 42.5 Å². The van der Waals surface area contributed by atoms with Crippen molar-refractivity contribution >= 4 is 40.3 Å². The van der Waals surface area contributed by atoms with Gasteiger partial charge in [-0.05, 0) is 55.0 Å². The van der Waals surface area contributed by atoms with Crippen LogP contribution in [0.4, 0.5) is 0 Å². The van der Waals surface area contributed by atoms with Crippen molar-refractivity contribution in [1.82, 2.24) is 9.88 Å². The van der Waals surface area contributed by atoms with Gasteiger partial charge in [-0.1, -0.05) is 39.3 Å². The summed E-state index contributed by atoms with van der Waals surface area (Å²) >= 11 is 5.91. The van der Waals surface area contributed by atoms with Crippen molar-refractivity contribution in [2.45, 2.75) is 60.0 Å². The van der Waals surface area contributed by atoms with Crippen molar-refractivity contribution < 1.29 is 23.9 Å². The second kappa shape index (κ2) is 12.5. The molecular formula is C27H33ClN2O5. The molecule has 0 atom stereocenters. The van der Waals surface area contributed by atoms with E-state index in [4.69, 9.17) is 16.3 Å². The van der Waals surface area contributed by atoms with Gasteiger partial charge in [0.15, 0.2) is 0 Å². The number of methoxy groups -OCH3 is 1. The van der Waals surface area contributed by atoms with E-state index in [1.165, 1.54) is 18.6 Å². The first-order valence-electron chi connectivity index (χ1n) is 11.4. The molecule has 3 aromatic rings. The Balaban J connectivity index is 0.000000540. The molecule has 0 spiro atoms. The molecule has 0 fully saturated rings. The van der Waals surface area contributed by atoms with Gasteiger partial charge in [-0.2, -0.15) is 0 Å². The molecule has 0 saturated carbocycles. The third-order valence-electron chi connectivity index (χ3n) is 5.08. The third-order valence-corrected chi connectivity index (χ3v) is 5.33. The van der Waals surface area contributed by atoms with E-state index < -0.39 is 11.9 Å². The first-order chi connectivity index (χ1) is 16.4. The smallest absolute Gasteiger partial charge is 0.317 e. The Morgan fingerprint density at radius 2 is 1.60 bits per heavy atom. The molecule has 0 amide bonds. The van der Waals surface area contributed by atoms with Crippen molar-refractivity contribution in [3.8, 4) is 5.75 Å². The van der Waals surface area contributed by atoms with E-state index in [-0.39, 0.29) is 12.3 Å². The number of esters is 2. The highest BCUT2D eigenvalue weighted by molar-refractivity contribution is 6.30. The van der Waals surface area contributed by atoms with Gasteiger partial charge in [-0.3, -0.25) is 19.0 Å². The average molecular weight is 501 g/mol. The zero-order valence-electron chi connectivity index (χ0n) is 21.3. The third kappa shape index (κ3) is 7.67. The fraction of sp³-hybridized carbons (Fsp3) is 0.370. The Hall–Kier alpha value is -3.16. The number of rotatable bonds is 6. The summed E-state index contributed by atoms with van der Waals surface area (Å²) in [6.07, 6.45) is -0.143. The second-order valence-corrected chi connectivity index (χ2v) is 9.15. The Bertz CT molecular complexity index is 1190. The summed E-state index contributed by atoms with van der Waals surface area (Å²) in [4.78, 5) is 36.3. The Morgan fingerprint density at radius 3 is 2.09 bits per heavy atom. The molecule has 0 aliphatic carbocycles. The normalized spacial score (nSPS) is 10.8. The van der Waals surface area contributed by atoms with Crippen LogP contribution >= 0.6 is 11.6 Å². The van der Waals surface area contributed by atoms with E-state index in [9.17, 15) is 14.4 Å². The van der Waals surface area contributed by atoms with Gasteiger partial charge in [0.25, 0.3) is 5.91 Å². The van der Waals surface area contributed by atoms with Gasteiger partial charge in [-0.25, -0.2) is 0 Å². The summed E-state index contributed by atoms with van der Waals surface area (Å²) in [7, 11) is 1.54. The molecular weight excluding hydrogens is 468 g/mol. The maximum atomic E-state index is 13.1. The van der Waals surface area contributed by atoms with Crippen LogP contribution in [-0.2, 0) is 20.7 Å². The summed E-state index contributed by atoms with van der Waals surface area (Å²) in [5.74, 6) is -1.03. The maximum Gasteiger partial charge on any atom is 0.317 e. The van der Waals surface area contributed by atoms with E-state index >= 15 is 0 Å². The largest absolute Gasteiger partial charge is 0.497 e. The summed E-state index contributed by atoms with van der Waals surface area (Å²) in [5.41, 5.74) is 2.27. The monoisotopic (exact) mass is 500 g/mol. The molecule has 8 heteroatoms. The number of carbonyl (C=O) groups is 3. The van der Waals surface area contributed by atoms with Crippen molar-refractivity contribution in [1.29, 1.82) is 0 Å². The van der Waals surface area contributed by atoms with Gasteiger partial charge < -0.3 is 14.8 Å². The Labute approximate surface area is 211 Å². The molecule has 1 aromatic heterocycles. The highest BCUT2D eigenvalue weighted by Crippen LogP contribution is 2.31. The lowest BCUT2D eigenvalue weighted by atomic mass is 10.1. The highest BCUT2D eigenvalue weighted by Gasteiger charge is 2.23. The molecule has 2 aromatic carbocycles. The van der Waals surface area contributed by atoms with Gasteiger partial charge in [0.2, 0.25) is 0 Å². The lowest BCUT2D eigenvalue weighted by Crippen LogP contribution is -2.29. The predicted octanol–water partition coefficient (Wildman–Crippen LogP) is 5.33. The molecule has 0 aliphatic rings. The van der Waals surface area contributed by atoms with Gasteiger partial charge in [0.1, 0.15) is 5.75 Å². The van der Waals surface area contributed by atoms with Crippen molar-refractivity contribution in [2.75, 3.05) is 7.11 Å². The molecule has 0 saturated heterocycles. The number of ether oxygens (including phenoxy) is 2. The van der Waals surface area contributed by atoms with E-state index in [1.807, 2.05) is 0 Å². The molecule has 3 rings (SSSR count). The summed E-state index contributed by atoms with van der Waals surface area (Å²) < 4.78 is 11.5. The number of nitrogens with zero attached hydrogens (tertiary/aromatic N) is 1. The van der Waals surface area contributed by atoms with Gasteiger partial charge >= 0.3 is 11.9 Å². The fourth-order valence-electron chi connectivity index (χ4n) is 3.80. The topological polar surface area (TPSA) is 86.6 Å². The van der Waals surface area contributed by atoms with Crippen LogP contribution in [0.1, 0.15) is 56.2 Å². The van der Waals surface area contributed by atoms with Gasteiger partial charge in [0.05, 0.1) is 19.0 Å². The summed E-state index contributed by atoms with van der Waals surface area (Å²) in [6, 6.07) is 13.1. The average Bonchev–Trinajstić information content (AvgIpc) is 3.03. The molecule has 0 bridgehead atoms. The molecule has 0 aliphatic heterocycles. The zero-order valence-corrected chi connectivity index (χ0v) is 22.0. The van der Waals surface area contributed by atoms with Gasteiger partial charge in [0, 0.05) is 40.7 Å². The molecule has 7 nitrogen and oxygen atoms in total. The van der Waals surface area contributed by atoms with Crippen molar-refractivity contribution in [3.05, 3.63) is 64.3 Å². The van der Waals surface area contributed by atoms with Crippen LogP contribution in [0.5, 0.6) is 5.75 Å². The minimum atomic E-state index is -0.684. The standard InChI is InChI=1S/C21H18ClNO5.C6H15N/c1-12-17(11-20(25)28-13(2)24)18-10-16(27-3)8-9-19(18)23(12)21(26)14-4-6-15(22)7-5-14;1-5(2)7-6(3)4/h4-10H,11H2,1-3H3;5-7H,1-4H3. The van der Waals surface area contributed by atoms with Gasteiger partial charge in [-0.15, -0.1) is 0 Å².